The Morgan fingerprint density at radius 3 is 0.750 bits per heavy atom. The van der Waals surface area contributed by atoms with E-state index >= 15 is 0 Å². The van der Waals surface area contributed by atoms with Crippen LogP contribution in [0.4, 0.5) is 0 Å². The van der Waals surface area contributed by atoms with E-state index in [2.05, 4.69) is 0 Å². The Morgan fingerprint density at radius 1 is 0.750 bits per heavy atom. The molecule has 4 heavy (non-hydrogen) atoms. The van der Waals surface area contributed by atoms with E-state index in [4.69, 9.17) is 10.5 Å². The normalized spacial score (nSPS) is 1.50. The van der Waals surface area contributed by atoms with Crippen molar-refractivity contribution >= 4 is 0 Å². The first-order chi connectivity index (χ1) is 1.00. The summed E-state index contributed by atoms with van der Waals surface area (Å²) in [6.07, 6.45) is 0. The van der Waals surface area contributed by atoms with E-state index in [-0.39, 0.29) is 99.7 Å². The summed E-state index contributed by atoms with van der Waals surface area (Å²) < 4.78 is 0. The molecule has 0 saturated heterocycles. The maximum atomic E-state index is 7.00. The van der Waals surface area contributed by atoms with Crippen LogP contribution in [0.3, 0.4) is 0 Å². The molecule has 0 heterocycles. The summed E-state index contributed by atoms with van der Waals surface area (Å²) in [4.78, 5) is 0. The van der Waals surface area contributed by atoms with Crippen molar-refractivity contribution in [2.45, 2.75) is 0 Å². The molecule has 0 aliphatic carbocycles. The Kier molecular flexibility index (Phi) is 64.8. The van der Waals surface area contributed by atoms with E-state index in [1.807, 2.05) is 0 Å². The van der Waals surface area contributed by atoms with Crippen LogP contribution in [0, 0.1) is 99.7 Å². The van der Waals surface area contributed by atoms with E-state index < -0.39 is 0 Å². The smallest absolute Gasteiger partial charge is 1.00 e. The first kappa shape index (κ1) is 15.7. The molecule has 0 amide bonds. The molecule has 0 unspecified atom stereocenters. The summed E-state index contributed by atoms with van der Waals surface area (Å²) >= 11 is 0. The third-order valence-corrected chi connectivity index (χ3v) is 0. The minimum Gasteiger partial charge on any atom is -1.00 e. The van der Waals surface area contributed by atoms with Crippen LogP contribution in [0.2, 0.25) is 0 Å². The molecular formula is Fr2O2. The average Bonchev–Trinajstić information content (AvgIpc) is 1.00. The maximum absolute atomic E-state index is 7.00. The second kappa shape index (κ2) is 16.5. The SMILES string of the molecule is [Fr+].[Fr+].[O-][O-]. The van der Waals surface area contributed by atoms with Gasteiger partial charge in [-0.2, -0.15) is 0 Å². The van der Waals surface area contributed by atoms with Crippen molar-refractivity contribution in [2.24, 2.45) is 0 Å². The van der Waals surface area contributed by atoms with Gasteiger partial charge in [-0.3, -0.25) is 0 Å². The number of hydrogen-bond acceptors (Lipinski definition) is 2. The predicted octanol–water partition coefficient (Wildman–Crippen LogP) is -2.38. The molecule has 0 rings (SSSR count). The van der Waals surface area contributed by atoms with E-state index in [0.29, 0.717) is 0 Å². The molecule has 0 saturated carbocycles. The Bertz CT molecular complexity index is 4.00. The monoisotopic (exact) mass is 478 g/mol. The van der Waals surface area contributed by atoms with Crippen LogP contribution in [-0.2, 0) is 0 Å². The Labute approximate surface area is 107 Å². The van der Waals surface area contributed by atoms with Gasteiger partial charge in [0.15, 0.2) is 0 Å². The van der Waals surface area contributed by atoms with Gasteiger partial charge >= 0.3 is 99.7 Å². The predicted molar refractivity (Wildman–Crippen MR) is 0 cm³/mol. The maximum Gasteiger partial charge on any atom is 1.00 e. The Balaban J connectivity index is -0.00000000500. The van der Waals surface area contributed by atoms with Crippen molar-refractivity contribution in [3.8, 4) is 0 Å². The summed E-state index contributed by atoms with van der Waals surface area (Å²) in [5.74, 6) is 0. The summed E-state index contributed by atoms with van der Waals surface area (Å²) in [5, 5.41) is 14.0. The van der Waals surface area contributed by atoms with Crippen LogP contribution in [-0.4, -0.2) is 0 Å². The minimum absolute atomic E-state index is 0. The summed E-state index contributed by atoms with van der Waals surface area (Å²) in [6.45, 7) is 0. The van der Waals surface area contributed by atoms with Crippen LogP contribution in [0.5, 0.6) is 0 Å². The average molecular weight is 478 g/mol. The van der Waals surface area contributed by atoms with Gasteiger partial charge in [0.05, 0.1) is 0 Å². The summed E-state index contributed by atoms with van der Waals surface area (Å²) in [5.41, 5.74) is 0. The van der Waals surface area contributed by atoms with Gasteiger partial charge < -0.3 is 10.5 Å². The van der Waals surface area contributed by atoms with Crippen LogP contribution in [0.25, 0.3) is 0 Å². The van der Waals surface area contributed by atoms with E-state index in [1.54, 1.807) is 0 Å². The fourth-order valence-corrected chi connectivity index (χ4v) is 0. The zero-order valence-electron chi connectivity index (χ0n) is 2.82. The fraction of sp³-hybridized carbons (Fsp3) is 0. The molecule has 0 radical (unpaired) electrons. The number of hydrogen-bond donors (Lipinski definition) is 0. The van der Waals surface area contributed by atoms with Gasteiger partial charge in [-0.25, -0.2) is 0 Å². The molecule has 0 aromatic rings. The first-order valence-electron chi connectivity index (χ1n) is 0.167. The van der Waals surface area contributed by atoms with E-state index in [9.17, 15) is 0 Å². The van der Waals surface area contributed by atoms with Crippen molar-refractivity contribution in [2.75, 3.05) is 0 Å². The quantitative estimate of drug-likeness (QED) is 0.289. The van der Waals surface area contributed by atoms with E-state index in [0.717, 1.165) is 0 Å². The summed E-state index contributed by atoms with van der Waals surface area (Å²) in [6, 6.07) is 0. The second-order valence-electron chi connectivity index (χ2n) is 0. The topological polar surface area (TPSA) is 46.1 Å². The molecule has 0 spiro atoms. The molecule has 0 atom stereocenters. The Hall–Kier alpha value is 3.11. The largest absolute Gasteiger partial charge is 1.00 e. The molecule has 0 bridgehead atoms. The second-order valence-corrected chi connectivity index (χ2v) is 0. The molecular weight excluding hydrogens is 478 g/mol. The van der Waals surface area contributed by atoms with Crippen LogP contribution in [0.15, 0.2) is 0 Å². The van der Waals surface area contributed by atoms with Gasteiger partial charge in [0.2, 0.25) is 0 Å². The molecule has 0 aliphatic rings. The van der Waals surface area contributed by atoms with Crippen LogP contribution < -0.4 is 10.5 Å². The molecule has 2 nitrogen and oxygen atoms in total. The third-order valence-electron chi connectivity index (χ3n) is 0. The third kappa shape index (κ3) is 8.93. The van der Waals surface area contributed by atoms with Gasteiger partial charge in [0, 0.05) is 0 Å². The minimum atomic E-state index is 0. The molecule has 14 valence electrons. The molecule has 0 aromatic heterocycles. The molecule has 0 N–H and O–H groups in total. The van der Waals surface area contributed by atoms with Crippen molar-refractivity contribution in [1.29, 1.82) is 0 Å². The van der Waals surface area contributed by atoms with Crippen LogP contribution >= 0.6 is 0 Å². The Morgan fingerprint density at radius 2 is 0.750 bits per heavy atom. The van der Waals surface area contributed by atoms with Crippen molar-refractivity contribution in [3.63, 3.8) is 0 Å². The van der Waals surface area contributed by atoms with Crippen molar-refractivity contribution in [1.82, 2.24) is 0 Å². The first-order valence-corrected chi connectivity index (χ1v) is 0.167. The molecule has 0 fully saturated rings. The van der Waals surface area contributed by atoms with E-state index in [1.165, 1.54) is 0 Å². The van der Waals surface area contributed by atoms with Gasteiger partial charge in [0.1, 0.15) is 0 Å². The standard InChI is InChI=1S/2Fr.O2/c;;1-2/q2*+1;-2. The fourth-order valence-electron chi connectivity index (χ4n) is 0. The van der Waals surface area contributed by atoms with Crippen molar-refractivity contribution < 1.29 is 110 Å². The zero-order chi connectivity index (χ0) is 2.00. The number of rotatable bonds is 0. The van der Waals surface area contributed by atoms with Crippen LogP contribution in [0.1, 0.15) is 0 Å². The summed E-state index contributed by atoms with van der Waals surface area (Å²) in [7, 11) is 0. The van der Waals surface area contributed by atoms with Crippen molar-refractivity contribution in [3.05, 3.63) is 0 Å². The van der Waals surface area contributed by atoms with Gasteiger partial charge in [-0.1, -0.05) is 0 Å². The molecule has 0 aromatic carbocycles. The molecule has 0 aliphatic heterocycles. The van der Waals surface area contributed by atoms with Gasteiger partial charge in [-0.05, 0) is 0 Å². The molecule has 4 heteroatoms. The van der Waals surface area contributed by atoms with Gasteiger partial charge in [-0.15, -0.1) is 0 Å². The van der Waals surface area contributed by atoms with Gasteiger partial charge in [0.25, 0.3) is 0 Å². The zero-order valence-corrected chi connectivity index (χ0v) is 19.3.